The number of aromatic nitrogens is 3. The molecular formula is C20H23F3N4O4. The molecule has 2 aromatic rings. The van der Waals surface area contributed by atoms with Gasteiger partial charge in [0.05, 0.1) is 32.0 Å². The number of alkyl halides is 3. The molecule has 8 nitrogen and oxygen atoms in total. The third-order valence-corrected chi connectivity index (χ3v) is 5.09. The highest BCUT2D eigenvalue weighted by molar-refractivity contribution is 5.73. The van der Waals surface area contributed by atoms with E-state index in [0.717, 1.165) is 44.1 Å². The number of fused-ring (bicyclic) bond motifs is 1. The molecule has 4 rings (SSSR count). The first-order valence-corrected chi connectivity index (χ1v) is 9.78. The van der Waals surface area contributed by atoms with Crippen LogP contribution in [0, 0.1) is 5.92 Å². The second-order valence-corrected chi connectivity index (χ2v) is 7.16. The van der Waals surface area contributed by atoms with Gasteiger partial charge in [0.1, 0.15) is 0 Å². The van der Waals surface area contributed by atoms with Gasteiger partial charge in [-0.25, -0.2) is 14.8 Å². The summed E-state index contributed by atoms with van der Waals surface area (Å²) in [5.41, 5.74) is 1.11. The van der Waals surface area contributed by atoms with Gasteiger partial charge in [0.25, 0.3) is 0 Å². The number of carbonyl (C=O) groups is 1. The number of morpholine rings is 1. The Morgan fingerprint density at radius 2 is 1.97 bits per heavy atom. The van der Waals surface area contributed by atoms with Gasteiger partial charge in [0.2, 0.25) is 5.95 Å². The number of nitrogens with zero attached hydrogens (tertiary/aromatic N) is 4. The minimum Gasteiger partial charge on any atom is -0.475 e. The van der Waals surface area contributed by atoms with Crippen molar-refractivity contribution in [2.75, 3.05) is 24.7 Å². The van der Waals surface area contributed by atoms with Crippen LogP contribution in [-0.2, 0) is 20.9 Å². The molecule has 3 atom stereocenters. The van der Waals surface area contributed by atoms with Gasteiger partial charge in [0, 0.05) is 37.3 Å². The predicted octanol–water partition coefficient (Wildman–Crippen LogP) is 2.71. The molecule has 31 heavy (non-hydrogen) atoms. The molecule has 168 valence electrons. The molecule has 0 spiro atoms. The summed E-state index contributed by atoms with van der Waals surface area (Å²) in [6, 6.07) is 6.18. The number of hydrogen-bond donors (Lipinski definition) is 1. The Hall–Kier alpha value is -2.79. The lowest BCUT2D eigenvalue weighted by Crippen LogP contribution is -2.51. The molecule has 3 unspecified atom stereocenters. The highest BCUT2D eigenvalue weighted by Crippen LogP contribution is 2.36. The Labute approximate surface area is 177 Å². The molecule has 1 saturated heterocycles. The van der Waals surface area contributed by atoms with E-state index in [1.54, 1.807) is 18.6 Å². The number of ether oxygens (including phenoxy) is 2. The minimum atomic E-state index is -5.08. The van der Waals surface area contributed by atoms with Crippen molar-refractivity contribution >= 4 is 11.9 Å². The van der Waals surface area contributed by atoms with Gasteiger partial charge >= 0.3 is 12.1 Å². The van der Waals surface area contributed by atoms with Crippen LogP contribution in [0.25, 0.3) is 0 Å². The van der Waals surface area contributed by atoms with E-state index in [-0.39, 0.29) is 6.10 Å². The molecule has 2 aromatic heterocycles. The summed E-state index contributed by atoms with van der Waals surface area (Å²) in [7, 11) is 0. The predicted molar refractivity (Wildman–Crippen MR) is 103 cm³/mol. The molecular weight excluding hydrogens is 417 g/mol. The van der Waals surface area contributed by atoms with E-state index in [0.29, 0.717) is 18.6 Å². The Bertz CT molecular complexity index is 826. The maximum atomic E-state index is 10.6. The molecule has 1 saturated carbocycles. The van der Waals surface area contributed by atoms with Crippen LogP contribution in [0.2, 0.25) is 0 Å². The van der Waals surface area contributed by atoms with Gasteiger partial charge in [0.15, 0.2) is 0 Å². The first kappa shape index (κ1) is 22.9. The first-order chi connectivity index (χ1) is 14.9. The van der Waals surface area contributed by atoms with Crippen molar-refractivity contribution in [3.05, 3.63) is 48.5 Å². The van der Waals surface area contributed by atoms with E-state index < -0.39 is 12.1 Å². The molecule has 3 heterocycles. The third-order valence-electron chi connectivity index (χ3n) is 5.09. The second-order valence-electron chi connectivity index (χ2n) is 7.16. The average molecular weight is 440 g/mol. The maximum Gasteiger partial charge on any atom is 0.490 e. The summed E-state index contributed by atoms with van der Waals surface area (Å²) >= 11 is 0. The molecule has 2 aliphatic rings. The van der Waals surface area contributed by atoms with Gasteiger partial charge in [-0.3, -0.25) is 4.98 Å². The van der Waals surface area contributed by atoms with Crippen molar-refractivity contribution in [1.82, 2.24) is 15.0 Å². The summed E-state index contributed by atoms with van der Waals surface area (Å²) in [6.07, 6.45) is 4.57. The fourth-order valence-electron chi connectivity index (χ4n) is 3.74. The fraction of sp³-hybridized carbons (Fsp3) is 0.500. The van der Waals surface area contributed by atoms with Crippen molar-refractivity contribution in [2.45, 2.75) is 37.8 Å². The number of hydrogen-bond acceptors (Lipinski definition) is 7. The van der Waals surface area contributed by atoms with Crippen molar-refractivity contribution in [3.8, 4) is 0 Å². The van der Waals surface area contributed by atoms with Gasteiger partial charge in [-0.05, 0) is 30.5 Å². The van der Waals surface area contributed by atoms with Crippen LogP contribution < -0.4 is 4.90 Å². The number of pyridine rings is 1. The maximum absolute atomic E-state index is 10.6. The van der Waals surface area contributed by atoms with E-state index in [9.17, 15) is 13.2 Å². The van der Waals surface area contributed by atoms with Gasteiger partial charge in [-0.2, -0.15) is 13.2 Å². The van der Waals surface area contributed by atoms with Crippen LogP contribution in [0.3, 0.4) is 0 Å². The molecule has 11 heteroatoms. The Morgan fingerprint density at radius 3 is 2.61 bits per heavy atom. The van der Waals surface area contributed by atoms with Crippen LogP contribution >= 0.6 is 0 Å². The summed E-state index contributed by atoms with van der Waals surface area (Å²) in [5.74, 6) is -1.52. The zero-order valence-electron chi connectivity index (χ0n) is 16.6. The number of halogens is 3. The molecule has 0 aromatic carbocycles. The van der Waals surface area contributed by atoms with Crippen LogP contribution in [-0.4, -0.2) is 64.1 Å². The van der Waals surface area contributed by atoms with Crippen LogP contribution in [0.4, 0.5) is 19.1 Å². The quantitative estimate of drug-likeness (QED) is 0.758. The van der Waals surface area contributed by atoms with Crippen LogP contribution in [0.1, 0.15) is 18.4 Å². The SMILES string of the molecule is O=C(O)C(F)(F)F.c1cnc(N2CCOC3C(COCc4cccnc4)CCC32)nc1. The largest absolute Gasteiger partial charge is 0.490 e. The number of anilines is 1. The molecule has 0 bridgehead atoms. The lowest BCUT2D eigenvalue weighted by Gasteiger charge is -2.39. The Kier molecular flexibility index (Phi) is 7.75. The van der Waals surface area contributed by atoms with Gasteiger partial charge < -0.3 is 19.5 Å². The third kappa shape index (κ3) is 6.34. The molecule has 1 aliphatic heterocycles. The number of aliphatic carboxylic acids is 1. The van der Waals surface area contributed by atoms with Crippen molar-refractivity contribution in [1.29, 1.82) is 0 Å². The van der Waals surface area contributed by atoms with Gasteiger partial charge in [-0.15, -0.1) is 0 Å². The number of carboxylic acids is 1. The van der Waals surface area contributed by atoms with Crippen LogP contribution in [0.15, 0.2) is 43.0 Å². The standard InChI is InChI=1S/C18H22N4O2.C2HF3O2/c1-3-14(11-19-6-1)12-23-13-15-4-5-16-17(15)24-10-9-22(16)18-20-7-2-8-21-18;3-2(4,5)1(6)7/h1-3,6-8,11,15-17H,4-5,9-10,12-13H2;(H,6,7). The van der Waals surface area contributed by atoms with Crippen molar-refractivity contribution in [2.24, 2.45) is 5.92 Å². The van der Waals surface area contributed by atoms with E-state index in [2.05, 4.69) is 19.9 Å². The lowest BCUT2D eigenvalue weighted by molar-refractivity contribution is -0.192. The smallest absolute Gasteiger partial charge is 0.475 e. The minimum absolute atomic E-state index is 0.205. The van der Waals surface area contributed by atoms with E-state index in [1.165, 1.54) is 0 Å². The summed E-state index contributed by atoms with van der Waals surface area (Å²) in [4.78, 5) is 24.1. The summed E-state index contributed by atoms with van der Waals surface area (Å²) in [6.45, 7) is 2.90. The van der Waals surface area contributed by atoms with E-state index in [4.69, 9.17) is 19.4 Å². The monoisotopic (exact) mass is 440 g/mol. The second kappa shape index (κ2) is 10.5. The zero-order valence-corrected chi connectivity index (χ0v) is 16.6. The van der Waals surface area contributed by atoms with E-state index in [1.807, 2.05) is 24.4 Å². The average Bonchev–Trinajstić information content (AvgIpc) is 3.18. The molecule has 2 fully saturated rings. The summed E-state index contributed by atoms with van der Waals surface area (Å²) in [5, 5.41) is 7.12. The molecule has 0 radical (unpaired) electrons. The Balaban J connectivity index is 0.000000339. The molecule has 1 aliphatic carbocycles. The topological polar surface area (TPSA) is 97.7 Å². The Morgan fingerprint density at radius 1 is 1.23 bits per heavy atom. The zero-order chi connectivity index (χ0) is 22.3. The highest BCUT2D eigenvalue weighted by Gasteiger charge is 2.43. The molecule has 0 amide bonds. The van der Waals surface area contributed by atoms with Gasteiger partial charge in [-0.1, -0.05) is 6.07 Å². The van der Waals surface area contributed by atoms with Crippen molar-refractivity contribution < 1.29 is 32.5 Å². The molecule has 1 N–H and O–H groups in total. The highest BCUT2D eigenvalue weighted by atomic mass is 19.4. The lowest BCUT2D eigenvalue weighted by atomic mass is 10.0. The number of rotatable bonds is 5. The number of carboxylic acid groups (broad SMARTS) is 1. The normalized spacial score (nSPS) is 22.9. The van der Waals surface area contributed by atoms with Crippen LogP contribution in [0.5, 0.6) is 0 Å². The van der Waals surface area contributed by atoms with Crippen molar-refractivity contribution in [3.63, 3.8) is 0 Å². The van der Waals surface area contributed by atoms with E-state index >= 15 is 0 Å². The summed E-state index contributed by atoms with van der Waals surface area (Å²) < 4.78 is 43.7. The first-order valence-electron chi connectivity index (χ1n) is 9.78. The fourth-order valence-corrected chi connectivity index (χ4v) is 3.74.